The first-order chi connectivity index (χ1) is 8.68. The van der Waals surface area contributed by atoms with Crippen molar-refractivity contribution in [3.05, 3.63) is 53.6 Å². The van der Waals surface area contributed by atoms with E-state index in [0.717, 1.165) is 16.8 Å². The van der Waals surface area contributed by atoms with Gasteiger partial charge in [-0.15, -0.1) is 0 Å². The molecule has 0 unspecified atom stereocenters. The first-order valence-electron chi connectivity index (χ1n) is 6.11. The fourth-order valence-corrected chi connectivity index (χ4v) is 2.56. The summed E-state index contributed by atoms with van der Waals surface area (Å²) in [6.45, 7) is 4.22. The summed E-state index contributed by atoms with van der Waals surface area (Å²) >= 11 is 0. The fraction of sp³-hybridized carbons (Fsp3) is 0.125. The quantitative estimate of drug-likeness (QED) is 0.615. The maximum Gasteiger partial charge on any atom is 0.0494 e. The van der Waals surface area contributed by atoms with E-state index in [9.17, 15) is 0 Å². The molecule has 1 heterocycles. The summed E-state index contributed by atoms with van der Waals surface area (Å²) in [4.78, 5) is 3.49. The Hall–Kier alpha value is -2.22. The molecule has 0 aliphatic heterocycles. The number of aromatic nitrogens is 1. The van der Waals surface area contributed by atoms with Crippen molar-refractivity contribution >= 4 is 16.6 Å². The Morgan fingerprint density at radius 2 is 1.61 bits per heavy atom. The van der Waals surface area contributed by atoms with E-state index in [1.54, 1.807) is 0 Å². The van der Waals surface area contributed by atoms with Gasteiger partial charge in [0.15, 0.2) is 0 Å². The van der Waals surface area contributed by atoms with Crippen molar-refractivity contribution in [1.29, 1.82) is 0 Å². The highest BCUT2D eigenvalue weighted by Gasteiger charge is 2.12. The van der Waals surface area contributed by atoms with Crippen LogP contribution < -0.4 is 5.73 Å². The zero-order valence-corrected chi connectivity index (χ0v) is 10.6. The van der Waals surface area contributed by atoms with Gasteiger partial charge >= 0.3 is 0 Å². The molecule has 0 saturated heterocycles. The van der Waals surface area contributed by atoms with E-state index in [2.05, 4.69) is 49.2 Å². The highest BCUT2D eigenvalue weighted by molar-refractivity contribution is 5.95. The number of nitrogen functional groups attached to an aromatic ring is 1. The van der Waals surface area contributed by atoms with Crippen LogP contribution in [0.1, 0.15) is 11.1 Å². The molecular weight excluding hydrogens is 220 g/mol. The zero-order chi connectivity index (χ0) is 12.7. The minimum absolute atomic E-state index is 0.851. The maximum atomic E-state index is 5.99. The Morgan fingerprint density at radius 3 is 2.33 bits per heavy atom. The number of nitrogens with two attached hydrogens (primary N) is 1. The van der Waals surface area contributed by atoms with Gasteiger partial charge in [0.05, 0.1) is 0 Å². The lowest BCUT2D eigenvalue weighted by Gasteiger charge is -2.02. The molecule has 0 fully saturated rings. The molecule has 1 aromatic heterocycles. The number of rotatable bonds is 1. The van der Waals surface area contributed by atoms with Crippen LogP contribution in [-0.2, 0) is 0 Å². The maximum absolute atomic E-state index is 5.99. The van der Waals surface area contributed by atoms with Crippen LogP contribution in [0.2, 0.25) is 0 Å². The Kier molecular flexibility index (Phi) is 2.37. The Bertz CT molecular complexity index is 709. The molecular formula is C16H16N2. The van der Waals surface area contributed by atoms with Crippen LogP contribution >= 0.6 is 0 Å². The topological polar surface area (TPSA) is 41.8 Å². The van der Waals surface area contributed by atoms with Gasteiger partial charge in [-0.05, 0) is 42.7 Å². The minimum atomic E-state index is 0.851. The van der Waals surface area contributed by atoms with Gasteiger partial charge in [0, 0.05) is 22.3 Å². The number of fused-ring (bicyclic) bond motifs is 1. The van der Waals surface area contributed by atoms with E-state index in [1.165, 1.54) is 22.2 Å². The summed E-state index contributed by atoms with van der Waals surface area (Å²) in [6.07, 6.45) is 0. The second kappa shape index (κ2) is 3.91. The number of aromatic amines is 1. The molecule has 0 amide bonds. The summed E-state index contributed by atoms with van der Waals surface area (Å²) in [7, 11) is 0. The fourth-order valence-electron chi connectivity index (χ4n) is 2.56. The molecule has 2 aromatic carbocycles. The monoisotopic (exact) mass is 236 g/mol. The third kappa shape index (κ3) is 1.50. The average molecular weight is 236 g/mol. The third-order valence-corrected chi connectivity index (χ3v) is 3.58. The molecule has 2 nitrogen and oxygen atoms in total. The Labute approximate surface area is 106 Å². The van der Waals surface area contributed by atoms with E-state index in [-0.39, 0.29) is 0 Å². The molecule has 0 bridgehead atoms. The van der Waals surface area contributed by atoms with Gasteiger partial charge in [0.25, 0.3) is 0 Å². The summed E-state index contributed by atoms with van der Waals surface area (Å²) < 4.78 is 0. The van der Waals surface area contributed by atoms with Gasteiger partial charge in [0.1, 0.15) is 0 Å². The molecule has 0 spiro atoms. The molecule has 3 aromatic rings. The van der Waals surface area contributed by atoms with E-state index < -0.39 is 0 Å². The van der Waals surface area contributed by atoms with Crippen LogP contribution in [0.15, 0.2) is 42.5 Å². The average Bonchev–Trinajstić information content (AvgIpc) is 2.73. The molecule has 0 atom stereocenters. The summed E-state index contributed by atoms with van der Waals surface area (Å²) in [5, 5.41) is 1.24. The van der Waals surface area contributed by atoms with Crippen LogP contribution in [0, 0.1) is 13.8 Å². The van der Waals surface area contributed by atoms with Crippen molar-refractivity contribution in [3.63, 3.8) is 0 Å². The molecule has 3 N–H and O–H groups in total. The van der Waals surface area contributed by atoms with E-state index in [4.69, 9.17) is 5.73 Å². The first kappa shape index (κ1) is 10.9. The molecule has 2 heteroatoms. The van der Waals surface area contributed by atoms with E-state index >= 15 is 0 Å². The highest BCUT2D eigenvalue weighted by atomic mass is 14.7. The number of anilines is 1. The van der Waals surface area contributed by atoms with Gasteiger partial charge in [-0.3, -0.25) is 0 Å². The number of nitrogens with one attached hydrogen (secondary N) is 1. The summed E-state index contributed by atoms with van der Waals surface area (Å²) in [5.74, 6) is 0. The summed E-state index contributed by atoms with van der Waals surface area (Å²) in [6, 6.07) is 14.4. The predicted molar refractivity (Wildman–Crippen MR) is 77.6 cm³/mol. The van der Waals surface area contributed by atoms with E-state index in [0.29, 0.717) is 0 Å². The van der Waals surface area contributed by atoms with Gasteiger partial charge in [-0.2, -0.15) is 0 Å². The zero-order valence-electron chi connectivity index (χ0n) is 10.6. The summed E-state index contributed by atoms with van der Waals surface area (Å²) in [5.41, 5.74) is 12.8. The van der Waals surface area contributed by atoms with Crippen LogP contribution in [0.25, 0.3) is 22.2 Å². The molecule has 90 valence electrons. The van der Waals surface area contributed by atoms with Crippen molar-refractivity contribution < 1.29 is 0 Å². The lowest BCUT2D eigenvalue weighted by atomic mass is 10.0. The predicted octanol–water partition coefficient (Wildman–Crippen LogP) is 4.03. The lowest BCUT2D eigenvalue weighted by Crippen LogP contribution is -1.89. The second-order valence-electron chi connectivity index (χ2n) is 4.69. The largest absolute Gasteiger partial charge is 0.398 e. The molecule has 18 heavy (non-hydrogen) atoms. The van der Waals surface area contributed by atoms with Crippen molar-refractivity contribution in [3.8, 4) is 11.3 Å². The smallest absolute Gasteiger partial charge is 0.0494 e. The van der Waals surface area contributed by atoms with Crippen LogP contribution in [0.5, 0.6) is 0 Å². The molecule has 0 aliphatic carbocycles. The van der Waals surface area contributed by atoms with Gasteiger partial charge in [-0.25, -0.2) is 0 Å². The number of hydrogen-bond acceptors (Lipinski definition) is 1. The normalized spacial score (nSPS) is 11.0. The second-order valence-corrected chi connectivity index (χ2v) is 4.69. The number of hydrogen-bond donors (Lipinski definition) is 2. The Balaban J connectivity index is 2.34. The standard InChI is InChI=1S/C16H16N2/c1-10-13(17)8-9-14-15(10)11(2)16(18-14)12-6-4-3-5-7-12/h3-9,18H,17H2,1-2H3. The number of aryl methyl sites for hydroxylation is 2. The van der Waals surface area contributed by atoms with Crippen molar-refractivity contribution in [1.82, 2.24) is 4.98 Å². The Morgan fingerprint density at radius 1 is 0.889 bits per heavy atom. The molecule has 0 radical (unpaired) electrons. The van der Waals surface area contributed by atoms with Gasteiger partial charge in [-0.1, -0.05) is 30.3 Å². The van der Waals surface area contributed by atoms with Gasteiger partial charge in [0.2, 0.25) is 0 Å². The number of H-pyrrole nitrogens is 1. The van der Waals surface area contributed by atoms with Crippen LogP contribution in [0.3, 0.4) is 0 Å². The molecule has 0 saturated carbocycles. The SMILES string of the molecule is Cc1c(N)ccc2[nH]c(-c3ccccc3)c(C)c12. The number of benzene rings is 2. The first-order valence-corrected chi connectivity index (χ1v) is 6.11. The van der Waals surface area contributed by atoms with Crippen LogP contribution in [-0.4, -0.2) is 4.98 Å². The van der Waals surface area contributed by atoms with Gasteiger partial charge < -0.3 is 10.7 Å². The third-order valence-electron chi connectivity index (χ3n) is 3.58. The van der Waals surface area contributed by atoms with E-state index in [1.807, 2.05) is 12.1 Å². The lowest BCUT2D eigenvalue weighted by molar-refractivity contribution is 1.41. The van der Waals surface area contributed by atoms with Crippen molar-refractivity contribution in [2.75, 3.05) is 5.73 Å². The molecule has 3 rings (SSSR count). The highest BCUT2D eigenvalue weighted by Crippen LogP contribution is 2.33. The minimum Gasteiger partial charge on any atom is -0.398 e. The van der Waals surface area contributed by atoms with Crippen molar-refractivity contribution in [2.45, 2.75) is 13.8 Å². The van der Waals surface area contributed by atoms with Crippen LogP contribution in [0.4, 0.5) is 5.69 Å². The molecule has 0 aliphatic rings. The van der Waals surface area contributed by atoms with Crippen molar-refractivity contribution in [2.24, 2.45) is 0 Å².